The topological polar surface area (TPSA) is 34.9 Å². The first-order valence-electron chi connectivity index (χ1n) is 5.87. The first-order valence-corrected chi connectivity index (χ1v) is 6.85. The van der Waals surface area contributed by atoms with Gasteiger partial charge in [-0.05, 0) is 12.1 Å². The standard InChI is InChI=1S/C13H9F3N2OS/c14-13(15,16)9-3-1-2-8(6-9)11-10(7-19)18-4-5-20-12(18)17-11/h1-3,6-7H,4-5H2. The van der Waals surface area contributed by atoms with Gasteiger partial charge in [-0.25, -0.2) is 4.98 Å². The summed E-state index contributed by atoms with van der Waals surface area (Å²) in [5.74, 6) is 0.825. The number of benzene rings is 1. The highest BCUT2D eigenvalue weighted by Crippen LogP contribution is 2.35. The second-order valence-corrected chi connectivity index (χ2v) is 5.39. The van der Waals surface area contributed by atoms with Gasteiger partial charge in [0.2, 0.25) is 0 Å². The SMILES string of the molecule is O=Cc1c(-c2cccc(C(F)(F)F)c2)nc2n1CCS2. The number of carbonyl (C=O) groups is 1. The van der Waals surface area contributed by atoms with E-state index in [0.29, 0.717) is 34.9 Å². The molecule has 0 aliphatic carbocycles. The zero-order valence-corrected chi connectivity index (χ0v) is 11.0. The molecule has 0 spiro atoms. The predicted molar refractivity (Wildman–Crippen MR) is 68.8 cm³/mol. The summed E-state index contributed by atoms with van der Waals surface area (Å²) in [5, 5.41) is 0.680. The maximum atomic E-state index is 12.7. The number of hydrogen-bond acceptors (Lipinski definition) is 3. The Bertz CT molecular complexity index is 679. The molecule has 7 heteroatoms. The molecule has 0 N–H and O–H groups in total. The molecule has 2 aromatic rings. The summed E-state index contributed by atoms with van der Waals surface area (Å²) >= 11 is 1.49. The Hall–Kier alpha value is -1.76. The molecule has 0 saturated heterocycles. The number of nitrogens with zero attached hydrogens (tertiary/aromatic N) is 2. The number of hydrogen-bond donors (Lipinski definition) is 0. The Morgan fingerprint density at radius 3 is 2.85 bits per heavy atom. The van der Waals surface area contributed by atoms with Crippen LogP contribution < -0.4 is 0 Å². The van der Waals surface area contributed by atoms with Crippen molar-refractivity contribution in [1.82, 2.24) is 9.55 Å². The van der Waals surface area contributed by atoms with Gasteiger partial charge in [-0.2, -0.15) is 13.2 Å². The molecule has 3 rings (SSSR count). The van der Waals surface area contributed by atoms with E-state index in [1.807, 2.05) is 0 Å². The third-order valence-electron chi connectivity index (χ3n) is 3.09. The second-order valence-electron chi connectivity index (χ2n) is 4.32. The molecule has 0 radical (unpaired) electrons. The highest BCUT2D eigenvalue weighted by Gasteiger charge is 2.31. The van der Waals surface area contributed by atoms with Gasteiger partial charge in [-0.3, -0.25) is 4.79 Å². The van der Waals surface area contributed by atoms with Crippen molar-refractivity contribution in [3.8, 4) is 11.3 Å². The fourth-order valence-electron chi connectivity index (χ4n) is 2.17. The maximum absolute atomic E-state index is 12.7. The van der Waals surface area contributed by atoms with Crippen LogP contribution in [0.2, 0.25) is 0 Å². The Morgan fingerprint density at radius 2 is 2.15 bits per heavy atom. The Balaban J connectivity index is 2.12. The Morgan fingerprint density at radius 1 is 1.35 bits per heavy atom. The quantitative estimate of drug-likeness (QED) is 0.796. The van der Waals surface area contributed by atoms with Crippen molar-refractivity contribution in [3.63, 3.8) is 0 Å². The van der Waals surface area contributed by atoms with Crippen LogP contribution in [-0.4, -0.2) is 21.6 Å². The number of carbonyl (C=O) groups excluding carboxylic acids is 1. The molecule has 1 aliphatic rings. The minimum atomic E-state index is -4.41. The van der Waals surface area contributed by atoms with Crippen molar-refractivity contribution < 1.29 is 18.0 Å². The van der Waals surface area contributed by atoms with Gasteiger partial charge >= 0.3 is 6.18 Å². The van der Waals surface area contributed by atoms with Crippen LogP contribution in [0.15, 0.2) is 29.4 Å². The number of alkyl halides is 3. The Labute approximate surface area is 116 Å². The van der Waals surface area contributed by atoms with Gasteiger partial charge in [-0.1, -0.05) is 23.9 Å². The molecule has 3 nitrogen and oxygen atoms in total. The molecule has 20 heavy (non-hydrogen) atoms. The third-order valence-corrected chi connectivity index (χ3v) is 4.05. The number of thioether (sulfide) groups is 1. The molecule has 1 aromatic heterocycles. The number of imidazole rings is 1. The lowest BCUT2D eigenvalue weighted by atomic mass is 10.1. The van der Waals surface area contributed by atoms with E-state index in [1.165, 1.54) is 23.9 Å². The molecule has 0 amide bonds. The monoisotopic (exact) mass is 298 g/mol. The van der Waals surface area contributed by atoms with Gasteiger partial charge in [0.05, 0.1) is 5.56 Å². The van der Waals surface area contributed by atoms with Crippen molar-refractivity contribution in [2.24, 2.45) is 0 Å². The number of halogens is 3. The van der Waals surface area contributed by atoms with Crippen LogP contribution in [0, 0.1) is 0 Å². The summed E-state index contributed by atoms with van der Waals surface area (Å²) in [6, 6.07) is 4.88. The van der Waals surface area contributed by atoms with E-state index in [2.05, 4.69) is 4.98 Å². The lowest BCUT2D eigenvalue weighted by molar-refractivity contribution is -0.137. The van der Waals surface area contributed by atoms with E-state index in [-0.39, 0.29) is 0 Å². The largest absolute Gasteiger partial charge is 0.416 e. The smallest absolute Gasteiger partial charge is 0.315 e. The number of aldehydes is 1. The van der Waals surface area contributed by atoms with Gasteiger partial charge in [0.1, 0.15) is 11.4 Å². The van der Waals surface area contributed by atoms with Crippen molar-refractivity contribution in [1.29, 1.82) is 0 Å². The lowest BCUT2D eigenvalue weighted by Crippen LogP contribution is -2.05. The number of fused-ring (bicyclic) bond motifs is 1. The number of rotatable bonds is 2. The highest BCUT2D eigenvalue weighted by atomic mass is 32.2. The van der Waals surface area contributed by atoms with E-state index >= 15 is 0 Å². The van der Waals surface area contributed by atoms with Gasteiger partial charge in [0, 0.05) is 17.9 Å². The molecule has 0 atom stereocenters. The van der Waals surface area contributed by atoms with Gasteiger partial charge in [-0.15, -0.1) is 0 Å². The van der Waals surface area contributed by atoms with Gasteiger partial charge in [0.25, 0.3) is 0 Å². The first-order chi connectivity index (χ1) is 9.50. The first kappa shape index (κ1) is 13.2. The Kier molecular flexibility index (Phi) is 3.08. The summed E-state index contributed by atoms with van der Waals surface area (Å²) in [5.41, 5.74) is 0.217. The summed E-state index contributed by atoms with van der Waals surface area (Å²) in [6.07, 6.45) is -3.76. The summed E-state index contributed by atoms with van der Waals surface area (Å²) in [4.78, 5) is 15.5. The summed E-state index contributed by atoms with van der Waals surface area (Å²) in [7, 11) is 0. The molecular formula is C13H9F3N2OS. The van der Waals surface area contributed by atoms with Crippen LogP contribution in [-0.2, 0) is 12.7 Å². The maximum Gasteiger partial charge on any atom is 0.416 e. The molecule has 0 saturated carbocycles. The van der Waals surface area contributed by atoms with Crippen molar-refractivity contribution in [2.45, 2.75) is 17.9 Å². The fourth-order valence-corrected chi connectivity index (χ4v) is 3.13. The minimum Gasteiger partial charge on any atom is -0.315 e. The molecule has 0 bridgehead atoms. The average molecular weight is 298 g/mol. The van der Waals surface area contributed by atoms with E-state index in [4.69, 9.17) is 0 Å². The molecule has 2 heterocycles. The van der Waals surface area contributed by atoms with Crippen LogP contribution in [0.1, 0.15) is 16.1 Å². The third kappa shape index (κ3) is 2.11. The molecule has 0 fully saturated rings. The van der Waals surface area contributed by atoms with Crippen molar-refractivity contribution >= 4 is 18.0 Å². The van der Waals surface area contributed by atoms with Crippen LogP contribution in [0.3, 0.4) is 0 Å². The number of aromatic nitrogens is 2. The molecule has 1 aromatic carbocycles. The summed E-state index contributed by atoms with van der Waals surface area (Å²) < 4.78 is 39.9. The average Bonchev–Trinajstić information content (AvgIpc) is 2.97. The van der Waals surface area contributed by atoms with E-state index in [0.717, 1.165) is 17.9 Å². The predicted octanol–water partition coefficient (Wildman–Crippen LogP) is 3.49. The van der Waals surface area contributed by atoms with Crippen LogP contribution >= 0.6 is 11.8 Å². The normalized spacial score (nSPS) is 14.3. The zero-order valence-electron chi connectivity index (χ0n) is 10.1. The lowest BCUT2D eigenvalue weighted by Gasteiger charge is -2.08. The van der Waals surface area contributed by atoms with Crippen LogP contribution in [0.25, 0.3) is 11.3 Å². The van der Waals surface area contributed by atoms with Crippen LogP contribution in [0.4, 0.5) is 13.2 Å². The van der Waals surface area contributed by atoms with Crippen molar-refractivity contribution in [2.75, 3.05) is 5.75 Å². The highest BCUT2D eigenvalue weighted by molar-refractivity contribution is 7.99. The van der Waals surface area contributed by atoms with E-state index in [1.54, 1.807) is 4.57 Å². The zero-order chi connectivity index (χ0) is 14.3. The van der Waals surface area contributed by atoms with Gasteiger partial charge < -0.3 is 4.57 Å². The van der Waals surface area contributed by atoms with Crippen LogP contribution in [0.5, 0.6) is 0 Å². The molecule has 0 unspecified atom stereocenters. The minimum absolute atomic E-state index is 0.310. The summed E-state index contributed by atoms with van der Waals surface area (Å²) in [6.45, 7) is 0.653. The molecule has 104 valence electrons. The molecular weight excluding hydrogens is 289 g/mol. The van der Waals surface area contributed by atoms with E-state index < -0.39 is 11.7 Å². The van der Waals surface area contributed by atoms with E-state index in [9.17, 15) is 18.0 Å². The second kappa shape index (κ2) is 4.66. The van der Waals surface area contributed by atoms with Gasteiger partial charge in [0.15, 0.2) is 11.4 Å². The van der Waals surface area contributed by atoms with Crippen molar-refractivity contribution in [3.05, 3.63) is 35.5 Å². The fraction of sp³-hybridized carbons (Fsp3) is 0.231. The molecule has 1 aliphatic heterocycles.